The molecule has 2 aliphatic rings. The second-order valence-corrected chi connectivity index (χ2v) is 6.62. The number of carbonyl (C=O) groups excluding carboxylic acids is 1. The Hall–Kier alpha value is -1.39. The minimum atomic E-state index is -0.281. The smallest absolute Gasteiger partial charge is 0.136 e. The van der Waals surface area contributed by atoms with E-state index in [1.807, 2.05) is 6.92 Å². The van der Waals surface area contributed by atoms with E-state index in [-0.39, 0.29) is 29.6 Å². The van der Waals surface area contributed by atoms with E-state index in [2.05, 4.69) is 20.1 Å². The molecule has 1 aliphatic heterocycles. The van der Waals surface area contributed by atoms with Gasteiger partial charge in [0.05, 0.1) is 24.4 Å². The fourth-order valence-electron chi connectivity index (χ4n) is 3.55. The van der Waals surface area contributed by atoms with Crippen LogP contribution in [0.3, 0.4) is 0 Å². The first-order valence-corrected chi connectivity index (χ1v) is 8.27. The summed E-state index contributed by atoms with van der Waals surface area (Å²) >= 11 is 0. The second kappa shape index (κ2) is 7.45. The normalized spacial score (nSPS) is 37.3. The van der Waals surface area contributed by atoms with Gasteiger partial charge in [-0.05, 0) is 25.5 Å². The van der Waals surface area contributed by atoms with Gasteiger partial charge < -0.3 is 14.2 Å². The van der Waals surface area contributed by atoms with Crippen molar-refractivity contribution in [3.8, 4) is 0 Å². The van der Waals surface area contributed by atoms with Gasteiger partial charge in [-0.15, -0.1) is 0 Å². The Labute approximate surface area is 139 Å². The molecule has 0 aromatic carbocycles. The number of carbonyl (C=O) groups is 1. The van der Waals surface area contributed by atoms with E-state index in [0.29, 0.717) is 24.6 Å². The highest BCUT2D eigenvalue weighted by Crippen LogP contribution is 2.50. The Kier molecular flexibility index (Phi) is 5.82. The summed E-state index contributed by atoms with van der Waals surface area (Å²) in [5, 5.41) is 0. The number of methoxy groups -OCH3 is 1. The highest BCUT2D eigenvalue weighted by Gasteiger charge is 2.60. The molecule has 0 aromatic heterocycles. The number of Topliss-reactive ketones (excluding diaryl/α,β-unsaturated/α-hetero) is 1. The largest absolute Gasteiger partial charge is 0.494 e. The summed E-state index contributed by atoms with van der Waals surface area (Å²) in [5.41, 5.74) is -0.281. The van der Waals surface area contributed by atoms with Crippen LogP contribution in [0, 0.1) is 11.8 Å². The van der Waals surface area contributed by atoms with Gasteiger partial charge in [-0.3, -0.25) is 4.79 Å². The van der Waals surface area contributed by atoms with Crippen LogP contribution < -0.4 is 0 Å². The molecule has 4 unspecified atom stereocenters. The average molecular weight is 320 g/mol. The summed E-state index contributed by atoms with van der Waals surface area (Å²) < 4.78 is 17.2. The molecule has 2 rings (SSSR count). The lowest BCUT2D eigenvalue weighted by atomic mass is 9.72. The van der Waals surface area contributed by atoms with Crippen molar-refractivity contribution in [3.05, 3.63) is 37.1 Å². The quantitative estimate of drug-likeness (QED) is 0.390. The van der Waals surface area contributed by atoms with E-state index >= 15 is 0 Å². The SMILES string of the molecule is C=C/C=C(\C=C)OCCC1O[C@@]1(C)C1CC(=O)C(C)CC1OC. The molecule has 4 heteroatoms. The first-order chi connectivity index (χ1) is 11.0. The molecule has 4 nitrogen and oxygen atoms in total. The number of allylic oxidation sites excluding steroid dienone is 3. The third-order valence-electron chi connectivity index (χ3n) is 5.15. The molecule has 0 radical (unpaired) electrons. The molecule has 128 valence electrons. The third-order valence-corrected chi connectivity index (χ3v) is 5.15. The van der Waals surface area contributed by atoms with Gasteiger partial charge in [0, 0.05) is 31.8 Å². The van der Waals surface area contributed by atoms with Crippen molar-refractivity contribution in [1.29, 1.82) is 0 Å². The minimum absolute atomic E-state index is 0.0829. The van der Waals surface area contributed by atoms with Gasteiger partial charge in [-0.1, -0.05) is 26.2 Å². The topological polar surface area (TPSA) is 48.1 Å². The van der Waals surface area contributed by atoms with E-state index in [4.69, 9.17) is 14.2 Å². The van der Waals surface area contributed by atoms with Gasteiger partial charge in [0.2, 0.25) is 0 Å². The highest BCUT2D eigenvalue weighted by molar-refractivity contribution is 5.82. The van der Waals surface area contributed by atoms with Crippen molar-refractivity contribution in [1.82, 2.24) is 0 Å². The lowest BCUT2D eigenvalue weighted by Crippen LogP contribution is -2.43. The molecule has 5 atom stereocenters. The van der Waals surface area contributed by atoms with Gasteiger partial charge >= 0.3 is 0 Å². The van der Waals surface area contributed by atoms with E-state index in [1.54, 1.807) is 25.3 Å². The second-order valence-electron chi connectivity index (χ2n) is 6.62. The summed E-state index contributed by atoms with van der Waals surface area (Å²) in [6.07, 6.45) is 7.43. The first-order valence-electron chi connectivity index (χ1n) is 8.27. The molecule has 0 amide bonds. The zero-order chi connectivity index (χ0) is 17.0. The Morgan fingerprint density at radius 3 is 2.83 bits per heavy atom. The molecule has 0 N–H and O–H groups in total. The van der Waals surface area contributed by atoms with Crippen LogP contribution >= 0.6 is 0 Å². The summed E-state index contributed by atoms with van der Waals surface area (Å²) in [7, 11) is 1.72. The molecular formula is C19H28O4. The van der Waals surface area contributed by atoms with Gasteiger partial charge in [0.25, 0.3) is 0 Å². The molecule has 1 aliphatic carbocycles. The molecule has 0 aromatic rings. The van der Waals surface area contributed by atoms with E-state index in [1.165, 1.54) is 0 Å². The maximum absolute atomic E-state index is 12.1. The maximum atomic E-state index is 12.1. The van der Waals surface area contributed by atoms with Gasteiger partial charge in [0.1, 0.15) is 11.5 Å². The summed E-state index contributed by atoms with van der Waals surface area (Å²) in [6, 6.07) is 0. The van der Waals surface area contributed by atoms with Crippen LogP contribution in [0.2, 0.25) is 0 Å². The van der Waals surface area contributed by atoms with Gasteiger partial charge in [0.15, 0.2) is 0 Å². The van der Waals surface area contributed by atoms with Crippen LogP contribution in [0.15, 0.2) is 37.1 Å². The zero-order valence-corrected chi connectivity index (χ0v) is 14.4. The van der Waals surface area contributed by atoms with Crippen LogP contribution in [0.1, 0.15) is 33.1 Å². The minimum Gasteiger partial charge on any atom is -0.494 e. The van der Waals surface area contributed by atoms with E-state index < -0.39 is 0 Å². The predicted molar refractivity (Wildman–Crippen MR) is 90.0 cm³/mol. The molecule has 0 spiro atoms. The van der Waals surface area contributed by atoms with Crippen LogP contribution in [0.4, 0.5) is 0 Å². The Morgan fingerprint density at radius 1 is 1.48 bits per heavy atom. The molecule has 1 saturated heterocycles. The van der Waals surface area contributed by atoms with Crippen LogP contribution in [0.5, 0.6) is 0 Å². The van der Waals surface area contributed by atoms with Crippen LogP contribution in [0.25, 0.3) is 0 Å². The standard InChI is InChI=1S/C19H28O4/c1-6-8-14(7-2)22-10-9-18-19(4,23-18)15-12-16(20)13(3)11-17(15)21-5/h6-8,13,15,17-18H,1-2,9-12H2,3-5H3/b14-8+/t13?,15?,17?,18?,19-/m0/s1. The summed E-state index contributed by atoms with van der Waals surface area (Å²) in [5.74, 6) is 1.24. The number of epoxide rings is 1. The Bertz CT molecular complexity index is 496. The average Bonchev–Trinajstić information content (AvgIpc) is 3.20. The predicted octanol–water partition coefficient (Wildman–Crippen LogP) is 3.44. The van der Waals surface area contributed by atoms with Gasteiger partial charge in [-0.25, -0.2) is 0 Å². The molecule has 1 saturated carbocycles. The van der Waals surface area contributed by atoms with Crippen molar-refractivity contribution in [2.75, 3.05) is 13.7 Å². The molecule has 2 fully saturated rings. The first kappa shape index (κ1) is 18.0. The van der Waals surface area contributed by atoms with Crippen molar-refractivity contribution in [3.63, 3.8) is 0 Å². The molecule has 0 bridgehead atoms. The van der Waals surface area contributed by atoms with Crippen LogP contribution in [-0.2, 0) is 19.0 Å². The zero-order valence-electron chi connectivity index (χ0n) is 14.4. The molecule has 1 heterocycles. The van der Waals surface area contributed by atoms with Crippen LogP contribution in [-0.4, -0.2) is 37.3 Å². The van der Waals surface area contributed by atoms with Crippen molar-refractivity contribution >= 4 is 5.78 Å². The number of ether oxygens (including phenoxy) is 3. The summed E-state index contributed by atoms with van der Waals surface area (Å²) in [4.78, 5) is 12.1. The third kappa shape index (κ3) is 3.93. The molecule has 23 heavy (non-hydrogen) atoms. The molecular weight excluding hydrogens is 292 g/mol. The number of ketones is 1. The van der Waals surface area contributed by atoms with E-state index in [0.717, 1.165) is 12.8 Å². The number of hydrogen-bond donors (Lipinski definition) is 0. The van der Waals surface area contributed by atoms with Gasteiger partial charge in [-0.2, -0.15) is 0 Å². The van der Waals surface area contributed by atoms with Crippen molar-refractivity contribution < 1.29 is 19.0 Å². The van der Waals surface area contributed by atoms with Crippen molar-refractivity contribution in [2.45, 2.75) is 50.9 Å². The van der Waals surface area contributed by atoms with E-state index in [9.17, 15) is 4.79 Å². The van der Waals surface area contributed by atoms with Crippen molar-refractivity contribution in [2.24, 2.45) is 11.8 Å². The Balaban J connectivity index is 1.89. The highest BCUT2D eigenvalue weighted by atomic mass is 16.6. The lowest BCUT2D eigenvalue weighted by Gasteiger charge is -2.35. The monoisotopic (exact) mass is 320 g/mol. The number of hydrogen-bond acceptors (Lipinski definition) is 4. The lowest BCUT2D eigenvalue weighted by molar-refractivity contribution is -0.132. The number of rotatable bonds is 8. The maximum Gasteiger partial charge on any atom is 0.136 e. The fourth-order valence-corrected chi connectivity index (χ4v) is 3.55. The Morgan fingerprint density at radius 2 is 2.22 bits per heavy atom. The fraction of sp³-hybridized carbons (Fsp3) is 0.632. The summed E-state index contributed by atoms with van der Waals surface area (Å²) in [6.45, 7) is 12.0.